The minimum absolute atomic E-state index is 0.467. The summed E-state index contributed by atoms with van der Waals surface area (Å²) in [6, 6.07) is 16.5. The number of rotatable bonds is 6. The summed E-state index contributed by atoms with van der Waals surface area (Å²) in [4.78, 5) is 2.12. The fraction of sp³-hybridized carbons (Fsp3) is 0.304. The predicted molar refractivity (Wildman–Crippen MR) is 109 cm³/mol. The Labute approximate surface area is 163 Å². The average molecular weight is 382 g/mol. The Kier molecular flexibility index (Phi) is 5.44. The average Bonchev–Trinajstić information content (AvgIpc) is 3.19. The number of hydrogen-bond acceptors (Lipinski definition) is 3. The highest BCUT2D eigenvalue weighted by Gasteiger charge is 2.23. The van der Waals surface area contributed by atoms with Crippen molar-refractivity contribution < 1.29 is 13.5 Å². The molecule has 0 aromatic heterocycles. The van der Waals surface area contributed by atoms with E-state index in [1.807, 2.05) is 18.2 Å². The van der Waals surface area contributed by atoms with Crippen molar-refractivity contribution in [2.45, 2.75) is 13.0 Å². The van der Waals surface area contributed by atoms with E-state index in [0.29, 0.717) is 5.92 Å². The van der Waals surface area contributed by atoms with Gasteiger partial charge in [-0.2, -0.15) is 0 Å². The number of hydrogen-bond donors (Lipinski definition) is 1. The lowest BCUT2D eigenvalue weighted by atomic mass is 10.0. The smallest absolute Gasteiger partial charge is 0.160 e. The number of halogens is 2. The number of ether oxygens (including phenoxy) is 1. The van der Waals surface area contributed by atoms with Crippen LogP contribution in [-0.4, -0.2) is 26.7 Å². The van der Waals surface area contributed by atoms with E-state index < -0.39 is 11.6 Å². The van der Waals surface area contributed by atoms with E-state index in [1.54, 1.807) is 13.2 Å². The van der Waals surface area contributed by atoms with E-state index in [-0.39, 0.29) is 0 Å². The summed E-state index contributed by atoms with van der Waals surface area (Å²) in [5, 5.41) is 5.96. The normalized spacial score (nSPS) is 16.7. The van der Waals surface area contributed by atoms with Crippen LogP contribution in [0.5, 0.6) is 5.75 Å². The van der Waals surface area contributed by atoms with E-state index in [1.165, 1.54) is 22.9 Å². The van der Waals surface area contributed by atoms with Crippen molar-refractivity contribution in [3.05, 3.63) is 71.8 Å². The molecule has 0 spiro atoms. The molecule has 1 fully saturated rings. The summed E-state index contributed by atoms with van der Waals surface area (Å²) in [5.74, 6) is -0.234. The van der Waals surface area contributed by atoms with Gasteiger partial charge < -0.3 is 15.0 Å². The molecule has 5 heteroatoms. The molecule has 4 rings (SSSR count). The predicted octanol–water partition coefficient (Wildman–Crippen LogP) is 4.74. The van der Waals surface area contributed by atoms with Crippen molar-refractivity contribution in [3.63, 3.8) is 0 Å². The first-order chi connectivity index (χ1) is 13.7. The Hall–Kier alpha value is -2.66. The monoisotopic (exact) mass is 382 g/mol. The van der Waals surface area contributed by atoms with Crippen LogP contribution in [0.15, 0.2) is 54.6 Å². The maximum Gasteiger partial charge on any atom is 0.160 e. The van der Waals surface area contributed by atoms with Crippen LogP contribution < -0.4 is 15.0 Å². The van der Waals surface area contributed by atoms with Gasteiger partial charge in [-0.25, -0.2) is 8.78 Å². The zero-order valence-electron chi connectivity index (χ0n) is 15.9. The lowest BCUT2D eigenvalue weighted by Gasteiger charge is -2.19. The van der Waals surface area contributed by atoms with Gasteiger partial charge in [0.25, 0.3) is 0 Å². The summed E-state index contributed by atoms with van der Waals surface area (Å²) in [6.07, 6.45) is 1.03. The van der Waals surface area contributed by atoms with Gasteiger partial charge in [0.15, 0.2) is 11.6 Å². The van der Waals surface area contributed by atoms with Crippen LogP contribution in [0.4, 0.5) is 14.5 Å². The van der Waals surface area contributed by atoms with E-state index in [2.05, 4.69) is 28.4 Å². The van der Waals surface area contributed by atoms with Gasteiger partial charge in [0.2, 0.25) is 0 Å². The number of benzene rings is 3. The van der Waals surface area contributed by atoms with Gasteiger partial charge in [0.05, 0.1) is 7.11 Å². The van der Waals surface area contributed by atoms with Crippen molar-refractivity contribution in [2.75, 3.05) is 31.6 Å². The fourth-order valence-electron chi connectivity index (χ4n) is 4.01. The summed E-state index contributed by atoms with van der Waals surface area (Å²) >= 11 is 0. The second kappa shape index (κ2) is 8.15. The third-order valence-corrected chi connectivity index (χ3v) is 5.51. The van der Waals surface area contributed by atoms with Crippen LogP contribution in [0.3, 0.4) is 0 Å². The van der Waals surface area contributed by atoms with Crippen LogP contribution in [0, 0.1) is 17.6 Å². The van der Waals surface area contributed by atoms with Crippen molar-refractivity contribution in [1.29, 1.82) is 0 Å². The van der Waals surface area contributed by atoms with Crippen LogP contribution in [0.2, 0.25) is 0 Å². The molecule has 3 aromatic carbocycles. The molecule has 3 aromatic rings. The maximum atomic E-state index is 13.5. The molecule has 1 aliphatic heterocycles. The third kappa shape index (κ3) is 3.80. The highest BCUT2D eigenvalue weighted by Crippen LogP contribution is 2.28. The molecule has 0 aliphatic carbocycles. The van der Waals surface area contributed by atoms with E-state index in [4.69, 9.17) is 4.74 Å². The first kappa shape index (κ1) is 18.7. The maximum absolute atomic E-state index is 13.5. The third-order valence-electron chi connectivity index (χ3n) is 5.51. The molecule has 0 amide bonds. The lowest BCUT2D eigenvalue weighted by molar-refractivity contribution is 0.407. The molecule has 1 aliphatic rings. The van der Waals surface area contributed by atoms with E-state index >= 15 is 0 Å². The summed E-state index contributed by atoms with van der Waals surface area (Å²) in [6.45, 7) is 3.29. The van der Waals surface area contributed by atoms with Gasteiger partial charge in [0.1, 0.15) is 5.75 Å². The molecule has 1 atom stereocenters. The first-order valence-corrected chi connectivity index (χ1v) is 9.61. The zero-order chi connectivity index (χ0) is 19.5. The Morgan fingerprint density at radius 1 is 1.07 bits per heavy atom. The fourth-order valence-corrected chi connectivity index (χ4v) is 4.01. The molecular formula is C23H24F2N2O. The van der Waals surface area contributed by atoms with Crippen molar-refractivity contribution in [3.8, 4) is 5.75 Å². The number of anilines is 1. The zero-order valence-corrected chi connectivity index (χ0v) is 15.9. The topological polar surface area (TPSA) is 24.5 Å². The molecule has 0 radical (unpaired) electrons. The van der Waals surface area contributed by atoms with Crippen LogP contribution in [0.1, 0.15) is 12.0 Å². The SMILES string of the molecule is COc1ccc2ccccc2c1CNC[C@H]1CCN(c2ccc(F)c(F)c2)C1. The molecule has 1 heterocycles. The number of fused-ring (bicyclic) bond motifs is 1. The minimum atomic E-state index is -0.801. The van der Waals surface area contributed by atoms with Gasteiger partial charge in [-0.1, -0.05) is 30.3 Å². The molecule has 28 heavy (non-hydrogen) atoms. The van der Waals surface area contributed by atoms with Gasteiger partial charge in [-0.05, 0) is 41.3 Å². The van der Waals surface area contributed by atoms with Crippen LogP contribution in [0.25, 0.3) is 10.8 Å². The highest BCUT2D eigenvalue weighted by atomic mass is 19.2. The van der Waals surface area contributed by atoms with Crippen LogP contribution in [-0.2, 0) is 6.54 Å². The van der Waals surface area contributed by atoms with Gasteiger partial charge in [-0.3, -0.25) is 0 Å². The lowest BCUT2D eigenvalue weighted by Crippen LogP contribution is -2.26. The summed E-state index contributed by atoms with van der Waals surface area (Å²) in [5.41, 5.74) is 1.91. The minimum Gasteiger partial charge on any atom is -0.496 e. The Morgan fingerprint density at radius 2 is 1.93 bits per heavy atom. The number of nitrogens with one attached hydrogen (secondary N) is 1. The number of nitrogens with zero attached hydrogens (tertiary/aromatic N) is 1. The first-order valence-electron chi connectivity index (χ1n) is 9.61. The molecular weight excluding hydrogens is 358 g/mol. The highest BCUT2D eigenvalue weighted by molar-refractivity contribution is 5.87. The Morgan fingerprint density at radius 3 is 2.75 bits per heavy atom. The summed E-state index contributed by atoms with van der Waals surface area (Å²) in [7, 11) is 1.70. The molecule has 0 bridgehead atoms. The Bertz CT molecular complexity index is 976. The second-order valence-electron chi connectivity index (χ2n) is 7.30. The number of methoxy groups -OCH3 is 1. The van der Waals surface area contributed by atoms with Gasteiger partial charge >= 0.3 is 0 Å². The largest absolute Gasteiger partial charge is 0.496 e. The van der Waals surface area contributed by atoms with Gasteiger partial charge in [-0.15, -0.1) is 0 Å². The second-order valence-corrected chi connectivity index (χ2v) is 7.30. The standard InChI is InChI=1S/C23H24F2N2O/c1-28-23-9-6-17-4-2-3-5-19(17)20(23)14-26-13-16-10-11-27(15-16)18-7-8-21(24)22(25)12-18/h2-9,12,16,26H,10-11,13-15H2,1H3/t16-/m1/s1. The van der Waals surface area contributed by atoms with Gasteiger partial charge in [0, 0.05) is 43.5 Å². The van der Waals surface area contributed by atoms with Crippen molar-refractivity contribution >= 4 is 16.5 Å². The molecule has 1 N–H and O–H groups in total. The van der Waals surface area contributed by atoms with E-state index in [0.717, 1.165) is 49.6 Å². The van der Waals surface area contributed by atoms with E-state index in [9.17, 15) is 8.78 Å². The molecule has 3 nitrogen and oxygen atoms in total. The summed E-state index contributed by atoms with van der Waals surface area (Å²) < 4.78 is 32.2. The quantitative estimate of drug-likeness (QED) is 0.666. The van der Waals surface area contributed by atoms with Crippen LogP contribution >= 0.6 is 0 Å². The van der Waals surface area contributed by atoms with Crippen molar-refractivity contribution in [1.82, 2.24) is 5.32 Å². The molecule has 0 saturated carbocycles. The Balaban J connectivity index is 1.38. The molecule has 1 saturated heterocycles. The molecule has 146 valence electrons. The van der Waals surface area contributed by atoms with Crippen molar-refractivity contribution in [2.24, 2.45) is 5.92 Å². The molecule has 0 unspecified atom stereocenters.